The molecule has 2 aromatic rings. The van der Waals surface area contributed by atoms with E-state index in [-0.39, 0.29) is 11.8 Å². The van der Waals surface area contributed by atoms with E-state index in [4.69, 9.17) is 5.53 Å². The van der Waals surface area contributed by atoms with Crippen LogP contribution in [0.5, 0.6) is 0 Å². The van der Waals surface area contributed by atoms with Crippen LogP contribution in [0.2, 0.25) is 0 Å². The van der Waals surface area contributed by atoms with Gasteiger partial charge in [0, 0.05) is 42.2 Å². The summed E-state index contributed by atoms with van der Waals surface area (Å²) in [6, 6.07) is 7.79. The second-order valence-electron chi connectivity index (χ2n) is 4.86. The number of rotatable bonds is 3. The molecule has 6 heteroatoms. The fraction of sp³-hybridized carbons (Fsp3) is 0.286. The summed E-state index contributed by atoms with van der Waals surface area (Å²) >= 11 is 0. The lowest BCUT2D eigenvalue weighted by Crippen LogP contribution is -2.25. The van der Waals surface area contributed by atoms with Crippen molar-refractivity contribution in [2.75, 3.05) is 18.0 Å². The molecule has 1 amide bonds. The summed E-state index contributed by atoms with van der Waals surface area (Å²) in [5.74, 6) is 0.157. The van der Waals surface area contributed by atoms with Crippen LogP contribution in [0, 0.1) is 5.92 Å². The molecule has 1 atom stereocenters. The number of fused-ring (bicyclic) bond motifs is 1. The Hall–Kier alpha value is -2.59. The molecule has 0 aliphatic carbocycles. The number of pyridine rings is 1. The SMILES string of the molecule is [N-]=[N+]=NCC1CC(=O)N(c2cccc3ccncc23)C1. The number of azide groups is 1. The Bertz CT molecular complexity index is 702. The summed E-state index contributed by atoms with van der Waals surface area (Å²) in [5.41, 5.74) is 9.25. The van der Waals surface area contributed by atoms with E-state index in [1.165, 1.54) is 0 Å². The Morgan fingerprint density at radius 2 is 2.35 bits per heavy atom. The van der Waals surface area contributed by atoms with Crippen LogP contribution in [0.25, 0.3) is 21.2 Å². The number of hydrogen-bond donors (Lipinski definition) is 0. The summed E-state index contributed by atoms with van der Waals surface area (Å²) in [5, 5.41) is 5.59. The zero-order valence-electron chi connectivity index (χ0n) is 10.8. The average molecular weight is 267 g/mol. The Morgan fingerprint density at radius 3 is 3.20 bits per heavy atom. The molecule has 1 fully saturated rings. The summed E-state index contributed by atoms with van der Waals surface area (Å²) in [6.45, 7) is 0.952. The van der Waals surface area contributed by atoms with Gasteiger partial charge >= 0.3 is 0 Å². The molecule has 0 N–H and O–H groups in total. The van der Waals surface area contributed by atoms with Crippen molar-refractivity contribution >= 4 is 22.4 Å². The van der Waals surface area contributed by atoms with Crippen LogP contribution in [0.15, 0.2) is 41.8 Å². The van der Waals surface area contributed by atoms with Crippen molar-refractivity contribution in [3.63, 3.8) is 0 Å². The van der Waals surface area contributed by atoms with Crippen molar-refractivity contribution in [3.8, 4) is 0 Å². The Balaban J connectivity index is 1.95. The van der Waals surface area contributed by atoms with E-state index < -0.39 is 0 Å². The summed E-state index contributed by atoms with van der Waals surface area (Å²) < 4.78 is 0. The van der Waals surface area contributed by atoms with Crippen LogP contribution in [0.3, 0.4) is 0 Å². The van der Waals surface area contributed by atoms with Crippen LogP contribution < -0.4 is 4.90 Å². The van der Waals surface area contributed by atoms with Crippen LogP contribution in [-0.4, -0.2) is 24.0 Å². The highest BCUT2D eigenvalue weighted by Crippen LogP contribution is 2.31. The van der Waals surface area contributed by atoms with Gasteiger partial charge in [-0.1, -0.05) is 17.2 Å². The molecule has 1 aliphatic heterocycles. The maximum absolute atomic E-state index is 12.2. The molecule has 1 aliphatic rings. The molecule has 100 valence electrons. The molecule has 1 unspecified atom stereocenters. The number of anilines is 1. The van der Waals surface area contributed by atoms with E-state index in [0.29, 0.717) is 19.5 Å². The number of aromatic nitrogens is 1. The zero-order valence-corrected chi connectivity index (χ0v) is 10.8. The van der Waals surface area contributed by atoms with Gasteiger partial charge < -0.3 is 4.90 Å². The van der Waals surface area contributed by atoms with E-state index in [0.717, 1.165) is 16.5 Å². The normalized spacial score (nSPS) is 18.3. The predicted octanol–water partition coefficient (Wildman–Crippen LogP) is 2.90. The molecular formula is C14H13N5O. The largest absolute Gasteiger partial charge is 0.311 e. The summed E-state index contributed by atoms with van der Waals surface area (Å²) in [7, 11) is 0. The molecule has 1 aromatic carbocycles. The van der Waals surface area contributed by atoms with Crippen molar-refractivity contribution in [2.45, 2.75) is 6.42 Å². The number of nitrogens with zero attached hydrogens (tertiary/aromatic N) is 5. The van der Waals surface area contributed by atoms with Gasteiger partial charge in [0.2, 0.25) is 5.91 Å². The van der Waals surface area contributed by atoms with Crippen LogP contribution in [0.1, 0.15) is 6.42 Å². The fourth-order valence-corrected chi connectivity index (χ4v) is 2.62. The third-order valence-electron chi connectivity index (χ3n) is 3.56. The van der Waals surface area contributed by atoms with Crippen molar-refractivity contribution in [3.05, 3.63) is 47.1 Å². The van der Waals surface area contributed by atoms with Gasteiger partial charge in [-0.25, -0.2) is 0 Å². The van der Waals surface area contributed by atoms with Gasteiger partial charge in [0.1, 0.15) is 0 Å². The van der Waals surface area contributed by atoms with E-state index in [2.05, 4.69) is 15.0 Å². The lowest BCUT2D eigenvalue weighted by atomic mass is 10.1. The molecule has 1 saturated heterocycles. The fourth-order valence-electron chi connectivity index (χ4n) is 2.62. The molecular weight excluding hydrogens is 254 g/mol. The quantitative estimate of drug-likeness (QED) is 0.486. The Morgan fingerprint density at radius 1 is 1.45 bits per heavy atom. The maximum atomic E-state index is 12.2. The maximum Gasteiger partial charge on any atom is 0.227 e. The van der Waals surface area contributed by atoms with Crippen LogP contribution >= 0.6 is 0 Å². The number of carbonyl (C=O) groups is 1. The van der Waals surface area contributed by atoms with Gasteiger partial charge in [-0.3, -0.25) is 9.78 Å². The molecule has 0 spiro atoms. The first-order chi connectivity index (χ1) is 9.79. The average Bonchev–Trinajstić information content (AvgIpc) is 2.85. The first-order valence-electron chi connectivity index (χ1n) is 6.43. The van der Waals surface area contributed by atoms with Gasteiger partial charge in [0.15, 0.2) is 0 Å². The van der Waals surface area contributed by atoms with E-state index >= 15 is 0 Å². The Labute approximate surface area is 115 Å². The smallest absolute Gasteiger partial charge is 0.227 e. The van der Waals surface area contributed by atoms with Gasteiger partial charge in [-0.15, -0.1) is 0 Å². The monoisotopic (exact) mass is 267 g/mol. The number of benzene rings is 1. The van der Waals surface area contributed by atoms with E-state index in [1.807, 2.05) is 24.3 Å². The minimum Gasteiger partial charge on any atom is -0.311 e. The number of hydrogen-bond acceptors (Lipinski definition) is 3. The van der Waals surface area contributed by atoms with Crippen LogP contribution in [0.4, 0.5) is 5.69 Å². The highest BCUT2D eigenvalue weighted by atomic mass is 16.2. The van der Waals surface area contributed by atoms with Gasteiger partial charge in [-0.2, -0.15) is 0 Å². The predicted molar refractivity (Wildman–Crippen MR) is 76.2 cm³/mol. The topological polar surface area (TPSA) is 82.0 Å². The van der Waals surface area contributed by atoms with Crippen molar-refractivity contribution in [1.82, 2.24) is 4.98 Å². The van der Waals surface area contributed by atoms with Crippen molar-refractivity contribution in [1.29, 1.82) is 0 Å². The minimum atomic E-state index is 0.0690. The molecule has 1 aromatic heterocycles. The number of amides is 1. The minimum absolute atomic E-state index is 0.0690. The number of carbonyl (C=O) groups excluding carboxylic acids is 1. The zero-order chi connectivity index (χ0) is 13.9. The van der Waals surface area contributed by atoms with Crippen molar-refractivity contribution < 1.29 is 4.79 Å². The molecule has 0 saturated carbocycles. The van der Waals surface area contributed by atoms with Gasteiger partial charge in [0.05, 0.1) is 5.69 Å². The molecule has 0 radical (unpaired) electrons. The Kier molecular flexibility index (Phi) is 3.23. The molecule has 3 rings (SSSR count). The van der Waals surface area contributed by atoms with Crippen molar-refractivity contribution in [2.24, 2.45) is 11.0 Å². The first-order valence-corrected chi connectivity index (χ1v) is 6.43. The summed E-state index contributed by atoms with van der Waals surface area (Å²) in [4.78, 5) is 20.8. The molecule has 0 bridgehead atoms. The van der Waals surface area contributed by atoms with E-state index in [1.54, 1.807) is 17.3 Å². The van der Waals surface area contributed by atoms with E-state index in [9.17, 15) is 4.79 Å². The molecule has 20 heavy (non-hydrogen) atoms. The van der Waals surface area contributed by atoms with Gasteiger partial charge in [0.25, 0.3) is 0 Å². The molecule has 6 nitrogen and oxygen atoms in total. The molecule has 2 heterocycles. The van der Waals surface area contributed by atoms with Gasteiger partial charge in [-0.05, 0) is 29.0 Å². The highest BCUT2D eigenvalue weighted by molar-refractivity contribution is 6.04. The second-order valence-corrected chi connectivity index (χ2v) is 4.86. The first kappa shape index (κ1) is 12.4. The van der Waals surface area contributed by atoms with Crippen LogP contribution in [-0.2, 0) is 4.79 Å². The third-order valence-corrected chi connectivity index (χ3v) is 3.56. The summed E-state index contributed by atoms with van der Waals surface area (Å²) in [6.07, 6.45) is 3.94. The highest BCUT2D eigenvalue weighted by Gasteiger charge is 2.30. The second kappa shape index (κ2) is 5.19. The lowest BCUT2D eigenvalue weighted by Gasteiger charge is -2.18. The standard InChI is InChI=1S/C14H13N5O/c15-18-17-7-10-6-14(20)19(9-10)13-3-1-2-11-4-5-16-8-12(11)13/h1-5,8,10H,6-7,9H2. The lowest BCUT2D eigenvalue weighted by molar-refractivity contribution is -0.117. The third kappa shape index (κ3) is 2.17.